The van der Waals surface area contributed by atoms with Crippen molar-refractivity contribution < 1.29 is 9.90 Å². The van der Waals surface area contributed by atoms with E-state index in [1.165, 1.54) is 0 Å². The number of nitrogens with one attached hydrogen (secondary N) is 1. The summed E-state index contributed by atoms with van der Waals surface area (Å²) in [5.41, 5.74) is -1.32. The van der Waals surface area contributed by atoms with Gasteiger partial charge < -0.3 is 5.11 Å². The van der Waals surface area contributed by atoms with Gasteiger partial charge >= 0.3 is 11.7 Å². The summed E-state index contributed by atoms with van der Waals surface area (Å²) in [5, 5.41) is 8.38. The van der Waals surface area contributed by atoms with Crippen LogP contribution in [-0.2, 0) is 11.3 Å². The Kier molecular flexibility index (Phi) is 2.66. The maximum atomic E-state index is 11.0. The highest BCUT2D eigenvalue weighted by molar-refractivity contribution is 9.10. The number of aliphatic carboxylic acids is 1. The third-order valence-corrected chi connectivity index (χ3v) is 1.84. The first kappa shape index (κ1) is 9.72. The fraction of sp³-hybridized carbons (Fsp3) is 0.167. The second-order valence-corrected chi connectivity index (χ2v) is 3.11. The van der Waals surface area contributed by atoms with Crippen molar-refractivity contribution >= 4 is 21.9 Å². The van der Waals surface area contributed by atoms with Crippen LogP contribution in [-0.4, -0.2) is 20.6 Å². The average Bonchev–Trinajstić information content (AvgIpc) is 1.99. The molecule has 0 aliphatic carbocycles. The van der Waals surface area contributed by atoms with Crippen molar-refractivity contribution in [1.29, 1.82) is 0 Å². The smallest absolute Gasteiger partial charge is 0.328 e. The molecule has 0 bridgehead atoms. The van der Waals surface area contributed by atoms with Crippen LogP contribution in [0, 0.1) is 0 Å². The molecular weight excluding hydrogens is 244 g/mol. The number of aromatic amines is 1. The van der Waals surface area contributed by atoms with Crippen molar-refractivity contribution in [1.82, 2.24) is 9.55 Å². The van der Waals surface area contributed by atoms with Gasteiger partial charge in [0.15, 0.2) is 0 Å². The minimum Gasteiger partial charge on any atom is -0.480 e. The summed E-state index contributed by atoms with van der Waals surface area (Å²) in [5.74, 6) is -1.15. The number of carbonyl (C=O) groups is 1. The fourth-order valence-corrected chi connectivity index (χ4v) is 1.09. The Hall–Kier alpha value is -1.37. The van der Waals surface area contributed by atoms with Crippen LogP contribution in [0.15, 0.2) is 20.3 Å². The Bertz CT molecular complexity index is 447. The maximum absolute atomic E-state index is 11.0. The summed E-state index contributed by atoms with van der Waals surface area (Å²) in [7, 11) is 0. The lowest BCUT2D eigenvalue weighted by molar-refractivity contribution is -0.137. The summed E-state index contributed by atoms with van der Waals surface area (Å²) in [6, 6.07) is 0. The fourth-order valence-electron chi connectivity index (χ4n) is 0.746. The van der Waals surface area contributed by atoms with Crippen LogP contribution in [0.1, 0.15) is 0 Å². The molecule has 70 valence electrons. The number of rotatable bonds is 2. The summed E-state index contributed by atoms with van der Waals surface area (Å²) in [6.07, 6.45) is 1.13. The number of halogens is 1. The first-order chi connectivity index (χ1) is 6.00. The second kappa shape index (κ2) is 3.56. The van der Waals surface area contributed by atoms with Crippen LogP contribution in [0.5, 0.6) is 0 Å². The van der Waals surface area contributed by atoms with E-state index in [0.717, 1.165) is 10.8 Å². The third-order valence-electron chi connectivity index (χ3n) is 1.27. The quantitative estimate of drug-likeness (QED) is 0.730. The Morgan fingerprint density at radius 3 is 2.77 bits per heavy atom. The molecule has 1 heterocycles. The molecule has 0 saturated heterocycles. The molecular formula is C6H5BrN2O4. The average molecular weight is 249 g/mol. The highest BCUT2D eigenvalue weighted by Gasteiger charge is 2.04. The number of hydrogen-bond acceptors (Lipinski definition) is 3. The third kappa shape index (κ3) is 2.28. The van der Waals surface area contributed by atoms with E-state index in [-0.39, 0.29) is 4.47 Å². The van der Waals surface area contributed by atoms with Gasteiger partial charge in [-0.1, -0.05) is 0 Å². The van der Waals surface area contributed by atoms with E-state index in [9.17, 15) is 14.4 Å². The minimum absolute atomic E-state index is 0.119. The van der Waals surface area contributed by atoms with Gasteiger partial charge in [0.05, 0.1) is 4.47 Å². The van der Waals surface area contributed by atoms with Crippen molar-refractivity contribution in [3.8, 4) is 0 Å². The molecule has 0 unspecified atom stereocenters. The molecule has 7 heteroatoms. The SMILES string of the molecule is O=C(O)Cn1cc(Br)c(=O)[nH]c1=O. The second-order valence-electron chi connectivity index (χ2n) is 2.26. The predicted molar refractivity (Wildman–Crippen MR) is 46.7 cm³/mol. The van der Waals surface area contributed by atoms with E-state index >= 15 is 0 Å². The molecule has 1 rings (SSSR count). The Balaban J connectivity index is 3.24. The van der Waals surface area contributed by atoms with Crippen LogP contribution in [0.3, 0.4) is 0 Å². The van der Waals surface area contributed by atoms with Gasteiger partial charge in [0.25, 0.3) is 5.56 Å². The van der Waals surface area contributed by atoms with Crippen molar-refractivity contribution in [2.24, 2.45) is 0 Å². The van der Waals surface area contributed by atoms with E-state index in [4.69, 9.17) is 5.11 Å². The van der Waals surface area contributed by atoms with Gasteiger partial charge in [-0.3, -0.25) is 19.1 Å². The van der Waals surface area contributed by atoms with Crippen LogP contribution in [0.4, 0.5) is 0 Å². The lowest BCUT2D eigenvalue weighted by Gasteiger charge is -1.99. The van der Waals surface area contributed by atoms with Crippen molar-refractivity contribution in [2.45, 2.75) is 6.54 Å². The number of hydrogen-bond donors (Lipinski definition) is 2. The van der Waals surface area contributed by atoms with E-state index < -0.39 is 23.8 Å². The van der Waals surface area contributed by atoms with E-state index in [1.54, 1.807) is 0 Å². The number of carboxylic acid groups (broad SMARTS) is 1. The normalized spacial score (nSPS) is 9.92. The predicted octanol–water partition coefficient (Wildman–Crippen LogP) is -0.616. The Labute approximate surface area is 80.0 Å². The van der Waals surface area contributed by atoms with Gasteiger partial charge in [0.2, 0.25) is 0 Å². The first-order valence-corrected chi connectivity index (χ1v) is 4.01. The van der Waals surface area contributed by atoms with Gasteiger partial charge in [-0.15, -0.1) is 0 Å². The van der Waals surface area contributed by atoms with Crippen LogP contribution >= 0.6 is 15.9 Å². The van der Waals surface area contributed by atoms with E-state index in [1.807, 2.05) is 4.98 Å². The zero-order valence-corrected chi connectivity index (χ0v) is 7.87. The van der Waals surface area contributed by atoms with Crippen LogP contribution in [0.2, 0.25) is 0 Å². The van der Waals surface area contributed by atoms with Crippen molar-refractivity contribution in [3.63, 3.8) is 0 Å². The molecule has 0 aliphatic heterocycles. The highest BCUT2D eigenvalue weighted by Crippen LogP contribution is 1.97. The summed E-state index contributed by atoms with van der Waals surface area (Å²) >= 11 is 2.87. The molecule has 13 heavy (non-hydrogen) atoms. The van der Waals surface area contributed by atoms with Gasteiger partial charge in [0.1, 0.15) is 6.54 Å². The molecule has 0 saturated carbocycles. The van der Waals surface area contributed by atoms with Crippen LogP contribution in [0.25, 0.3) is 0 Å². The monoisotopic (exact) mass is 248 g/mol. The van der Waals surface area contributed by atoms with Crippen molar-refractivity contribution in [3.05, 3.63) is 31.5 Å². The number of H-pyrrole nitrogens is 1. The first-order valence-electron chi connectivity index (χ1n) is 3.22. The summed E-state index contributed by atoms with van der Waals surface area (Å²) in [6.45, 7) is -0.478. The van der Waals surface area contributed by atoms with Gasteiger partial charge in [-0.2, -0.15) is 0 Å². The molecule has 0 spiro atoms. The van der Waals surface area contributed by atoms with E-state index in [0.29, 0.717) is 0 Å². The van der Waals surface area contributed by atoms with E-state index in [2.05, 4.69) is 15.9 Å². The molecule has 2 N–H and O–H groups in total. The largest absolute Gasteiger partial charge is 0.480 e. The Morgan fingerprint density at radius 1 is 1.62 bits per heavy atom. The van der Waals surface area contributed by atoms with Gasteiger partial charge in [-0.25, -0.2) is 4.79 Å². The molecule has 0 aromatic carbocycles. The minimum atomic E-state index is -1.15. The maximum Gasteiger partial charge on any atom is 0.328 e. The molecule has 6 nitrogen and oxygen atoms in total. The molecule has 1 aromatic rings. The van der Waals surface area contributed by atoms with Gasteiger partial charge in [-0.05, 0) is 15.9 Å². The number of aromatic nitrogens is 2. The topological polar surface area (TPSA) is 92.2 Å². The molecule has 0 radical (unpaired) electrons. The molecule has 0 fully saturated rings. The van der Waals surface area contributed by atoms with Crippen LogP contribution < -0.4 is 11.2 Å². The highest BCUT2D eigenvalue weighted by atomic mass is 79.9. The zero-order chi connectivity index (χ0) is 10.0. The molecule has 0 aliphatic rings. The standard InChI is InChI=1S/C6H5BrN2O4/c7-3-1-9(2-4(10)11)6(13)8-5(3)12/h1H,2H2,(H,10,11)(H,8,12,13). The number of nitrogens with zero attached hydrogens (tertiary/aromatic N) is 1. The van der Waals surface area contributed by atoms with Gasteiger partial charge in [0, 0.05) is 6.20 Å². The van der Waals surface area contributed by atoms with Crippen molar-refractivity contribution in [2.75, 3.05) is 0 Å². The molecule has 1 aromatic heterocycles. The lowest BCUT2D eigenvalue weighted by Crippen LogP contribution is -2.31. The number of carboxylic acids is 1. The zero-order valence-electron chi connectivity index (χ0n) is 6.28. The summed E-state index contributed by atoms with van der Waals surface area (Å²) < 4.78 is 1.00. The molecule has 0 amide bonds. The Morgan fingerprint density at radius 2 is 2.23 bits per heavy atom. The summed E-state index contributed by atoms with van der Waals surface area (Å²) in [4.78, 5) is 34.0. The lowest BCUT2D eigenvalue weighted by atomic mass is 10.6. The molecule has 0 atom stereocenters.